The van der Waals surface area contributed by atoms with Crippen LogP contribution in [0, 0.1) is 0 Å². The summed E-state index contributed by atoms with van der Waals surface area (Å²) in [6.45, 7) is 4.78. The number of hydrogen-bond donors (Lipinski definition) is 3. The van der Waals surface area contributed by atoms with Gasteiger partial charge in [0.25, 0.3) is 0 Å². The molecule has 9 heteroatoms. The predicted octanol–water partition coefficient (Wildman–Crippen LogP) is 11.0. The molecule has 0 saturated carbocycles. The average Bonchev–Trinajstić information content (AvgIpc) is 3.06. The van der Waals surface area contributed by atoms with E-state index in [0.717, 1.165) is 38.5 Å². The molecular formula is C41H82N2O6P+. The maximum absolute atomic E-state index is 12.8. The molecule has 0 radical (unpaired) electrons. The fraction of sp³-hybridized carbons (Fsp3) is 0.878. The van der Waals surface area contributed by atoms with Gasteiger partial charge in [-0.05, 0) is 32.1 Å². The number of likely N-dealkylation sites (N-methyl/N-ethyl adjacent to an activating group) is 1. The third-order valence-corrected chi connectivity index (χ3v) is 10.2. The van der Waals surface area contributed by atoms with E-state index in [4.69, 9.17) is 9.05 Å². The predicted molar refractivity (Wildman–Crippen MR) is 212 cm³/mol. The van der Waals surface area contributed by atoms with Crippen molar-refractivity contribution >= 4 is 13.7 Å². The highest BCUT2D eigenvalue weighted by molar-refractivity contribution is 7.47. The Labute approximate surface area is 309 Å². The second-order valence-electron chi connectivity index (χ2n) is 15.4. The van der Waals surface area contributed by atoms with Crippen molar-refractivity contribution in [2.24, 2.45) is 0 Å². The van der Waals surface area contributed by atoms with E-state index in [1.54, 1.807) is 6.08 Å². The monoisotopic (exact) mass is 730 g/mol. The number of allylic oxidation sites excluding steroid dienone is 3. The maximum Gasteiger partial charge on any atom is 0.472 e. The summed E-state index contributed by atoms with van der Waals surface area (Å²) in [5.41, 5.74) is 0. The molecular weight excluding hydrogens is 647 g/mol. The summed E-state index contributed by atoms with van der Waals surface area (Å²) in [6, 6.07) is -0.856. The molecule has 0 heterocycles. The second-order valence-corrected chi connectivity index (χ2v) is 16.8. The van der Waals surface area contributed by atoms with Crippen molar-refractivity contribution in [1.29, 1.82) is 0 Å². The Balaban J connectivity index is 4.52. The van der Waals surface area contributed by atoms with Gasteiger partial charge in [-0.1, -0.05) is 167 Å². The van der Waals surface area contributed by atoms with Gasteiger partial charge >= 0.3 is 7.82 Å². The van der Waals surface area contributed by atoms with Crippen LogP contribution in [0.15, 0.2) is 24.3 Å². The van der Waals surface area contributed by atoms with E-state index >= 15 is 0 Å². The molecule has 0 aromatic heterocycles. The van der Waals surface area contributed by atoms with Crippen LogP contribution in [0.5, 0.6) is 0 Å². The zero-order valence-corrected chi connectivity index (χ0v) is 34.3. The number of unbranched alkanes of at least 4 members (excludes halogenated alkanes) is 22. The molecule has 296 valence electrons. The summed E-state index contributed by atoms with van der Waals surface area (Å²) in [4.78, 5) is 23.0. The SMILES string of the molecule is CCCCCCCCCC/C=C/CC/C=C/[C@@H](O)[C@H](COP(=O)(O)OCC[N+](C)(C)C)NC(=O)CCCCCCCCCCCCCCCC. The first-order valence-electron chi connectivity index (χ1n) is 20.7. The third kappa shape index (κ3) is 35.4. The summed E-state index contributed by atoms with van der Waals surface area (Å²) < 4.78 is 23.5. The fourth-order valence-corrected chi connectivity index (χ4v) is 6.56. The molecule has 3 atom stereocenters. The van der Waals surface area contributed by atoms with Crippen molar-refractivity contribution in [3.8, 4) is 0 Å². The van der Waals surface area contributed by atoms with E-state index in [2.05, 4.69) is 31.3 Å². The number of aliphatic hydroxyl groups is 1. The van der Waals surface area contributed by atoms with Crippen LogP contribution in [0.3, 0.4) is 0 Å². The van der Waals surface area contributed by atoms with Gasteiger partial charge in [-0.15, -0.1) is 0 Å². The summed E-state index contributed by atoms with van der Waals surface area (Å²) in [5, 5.41) is 13.8. The van der Waals surface area contributed by atoms with Crippen LogP contribution in [0.25, 0.3) is 0 Å². The van der Waals surface area contributed by atoms with Crippen molar-refractivity contribution in [2.75, 3.05) is 40.9 Å². The number of nitrogens with zero attached hydrogens (tertiary/aromatic N) is 1. The van der Waals surface area contributed by atoms with Crippen molar-refractivity contribution < 1.29 is 32.9 Å². The summed E-state index contributed by atoms with van der Waals surface area (Å²) >= 11 is 0. The minimum absolute atomic E-state index is 0.0580. The Morgan fingerprint density at radius 1 is 0.660 bits per heavy atom. The summed E-state index contributed by atoms with van der Waals surface area (Å²) in [6.07, 6.45) is 38.1. The molecule has 50 heavy (non-hydrogen) atoms. The first kappa shape index (κ1) is 49.0. The maximum atomic E-state index is 12.8. The van der Waals surface area contributed by atoms with E-state index < -0.39 is 20.0 Å². The van der Waals surface area contributed by atoms with Gasteiger partial charge in [0.1, 0.15) is 13.2 Å². The Hall–Kier alpha value is -1.02. The van der Waals surface area contributed by atoms with Gasteiger partial charge in [0.05, 0.1) is 39.9 Å². The Morgan fingerprint density at radius 2 is 1.10 bits per heavy atom. The number of quaternary nitrogens is 1. The highest BCUT2D eigenvalue weighted by Crippen LogP contribution is 2.43. The molecule has 0 bridgehead atoms. The van der Waals surface area contributed by atoms with E-state index in [0.29, 0.717) is 17.4 Å². The first-order valence-corrected chi connectivity index (χ1v) is 22.2. The lowest BCUT2D eigenvalue weighted by molar-refractivity contribution is -0.870. The quantitative estimate of drug-likeness (QED) is 0.0254. The van der Waals surface area contributed by atoms with Crippen LogP contribution in [0.1, 0.15) is 181 Å². The van der Waals surface area contributed by atoms with Crippen LogP contribution in [0.4, 0.5) is 0 Å². The van der Waals surface area contributed by atoms with Crippen LogP contribution >= 0.6 is 7.82 Å². The van der Waals surface area contributed by atoms with Crippen molar-refractivity contribution in [2.45, 2.75) is 193 Å². The Kier molecular flexibility index (Phi) is 33.1. The molecule has 0 rings (SSSR count). The van der Waals surface area contributed by atoms with E-state index in [1.165, 1.54) is 122 Å². The molecule has 0 aliphatic rings. The van der Waals surface area contributed by atoms with Gasteiger partial charge in [-0.3, -0.25) is 13.8 Å². The zero-order chi connectivity index (χ0) is 37.2. The lowest BCUT2D eigenvalue weighted by Crippen LogP contribution is -2.45. The zero-order valence-electron chi connectivity index (χ0n) is 33.4. The molecule has 0 aliphatic carbocycles. The molecule has 0 spiro atoms. The Bertz CT molecular complexity index is 876. The fourth-order valence-electron chi connectivity index (χ4n) is 5.82. The number of amides is 1. The smallest absolute Gasteiger partial charge is 0.387 e. The van der Waals surface area contributed by atoms with Crippen LogP contribution in [-0.2, 0) is 18.4 Å². The molecule has 0 saturated heterocycles. The number of phosphoric acid groups is 1. The van der Waals surface area contributed by atoms with Crippen molar-refractivity contribution in [1.82, 2.24) is 5.32 Å². The molecule has 0 fully saturated rings. The Morgan fingerprint density at radius 3 is 1.60 bits per heavy atom. The minimum Gasteiger partial charge on any atom is -0.387 e. The number of carbonyl (C=O) groups excluding carboxylic acids is 1. The number of nitrogens with one attached hydrogen (secondary N) is 1. The van der Waals surface area contributed by atoms with Crippen molar-refractivity contribution in [3.63, 3.8) is 0 Å². The van der Waals surface area contributed by atoms with Gasteiger partial charge in [0.2, 0.25) is 5.91 Å². The molecule has 1 unspecified atom stereocenters. The van der Waals surface area contributed by atoms with Gasteiger partial charge in [-0.25, -0.2) is 4.57 Å². The normalized spacial score (nSPS) is 14.8. The second kappa shape index (κ2) is 33.8. The average molecular weight is 730 g/mol. The molecule has 3 N–H and O–H groups in total. The number of rotatable bonds is 37. The minimum atomic E-state index is -4.34. The van der Waals surface area contributed by atoms with E-state index in [1.807, 2.05) is 27.2 Å². The van der Waals surface area contributed by atoms with Crippen LogP contribution < -0.4 is 5.32 Å². The van der Waals surface area contributed by atoms with E-state index in [-0.39, 0.29) is 19.1 Å². The van der Waals surface area contributed by atoms with Gasteiger partial charge in [-0.2, -0.15) is 0 Å². The summed E-state index contributed by atoms with van der Waals surface area (Å²) in [7, 11) is 1.56. The van der Waals surface area contributed by atoms with Gasteiger partial charge in [0.15, 0.2) is 0 Å². The molecule has 0 aliphatic heterocycles. The largest absolute Gasteiger partial charge is 0.472 e. The third-order valence-electron chi connectivity index (χ3n) is 9.17. The highest BCUT2D eigenvalue weighted by atomic mass is 31.2. The standard InChI is InChI=1S/C41H81N2O6P/c1-6-8-10-12-14-16-18-20-22-24-26-28-30-32-34-40(44)39(38-49-50(46,47)48-37-36-43(3,4)5)42-41(45)35-33-31-29-27-25-23-21-19-17-15-13-11-9-7-2/h24,26,32,34,39-40,44H,6-23,25,27-31,33,35-38H2,1-5H3,(H-,42,45,46,47)/p+1/b26-24+,34-32+/t39-,40+/m0/s1. The first-order chi connectivity index (χ1) is 24.0. The molecule has 0 aromatic carbocycles. The van der Waals surface area contributed by atoms with E-state index in [9.17, 15) is 19.4 Å². The molecule has 8 nitrogen and oxygen atoms in total. The lowest BCUT2D eigenvalue weighted by Gasteiger charge is -2.25. The number of aliphatic hydroxyl groups excluding tert-OH is 1. The summed E-state index contributed by atoms with van der Waals surface area (Å²) in [5.74, 6) is -0.187. The number of hydrogen-bond acceptors (Lipinski definition) is 5. The number of carbonyl (C=O) groups is 1. The molecule has 0 aromatic rings. The highest BCUT2D eigenvalue weighted by Gasteiger charge is 2.27. The van der Waals surface area contributed by atoms with Crippen LogP contribution in [0.2, 0.25) is 0 Å². The van der Waals surface area contributed by atoms with Gasteiger partial charge < -0.3 is 19.8 Å². The van der Waals surface area contributed by atoms with Gasteiger partial charge in [0, 0.05) is 6.42 Å². The topological polar surface area (TPSA) is 105 Å². The number of phosphoric ester groups is 1. The lowest BCUT2D eigenvalue weighted by atomic mass is 10.0. The molecule has 1 amide bonds. The van der Waals surface area contributed by atoms with Crippen LogP contribution in [-0.4, -0.2) is 73.4 Å². The van der Waals surface area contributed by atoms with Crippen molar-refractivity contribution in [3.05, 3.63) is 24.3 Å².